The van der Waals surface area contributed by atoms with Crippen molar-refractivity contribution in [1.82, 2.24) is 15.2 Å². The van der Waals surface area contributed by atoms with Gasteiger partial charge in [-0.2, -0.15) is 5.26 Å². The van der Waals surface area contributed by atoms with Crippen LogP contribution in [0.4, 0.5) is 10.6 Å². The van der Waals surface area contributed by atoms with Crippen LogP contribution in [0.1, 0.15) is 38.7 Å². The summed E-state index contributed by atoms with van der Waals surface area (Å²) < 4.78 is 0. The quantitative estimate of drug-likeness (QED) is 0.897. The Kier molecular flexibility index (Phi) is 5.42. The van der Waals surface area contributed by atoms with Crippen LogP contribution in [0.25, 0.3) is 0 Å². The lowest BCUT2D eigenvalue weighted by atomic mass is 9.92. The van der Waals surface area contributed by atoms with Crippen molar-refractivity contribution in [2.75, 3.05) is 31.1 Å². The first kappa shape index (κ1) is 17.5. The summed E-state index contributed by atoms with van der Waals surface area (Å²) in [6, 6.07) is 6.11. The van der Waals surface area contributed by atoms with Gasteiger partial charge in [0.1, 0.15) is 11.9 Å². The number of nitrogens with zero attached hydrogens (tertiary/aromatic N) is 4. The van der Waals surface area contributed by atoms with Crippen molar-refractivity contribution in [3.63, 3.8) is 0 Å². The molecule has 1 aromatic heterocycles. The molecule has 0 spiro atoms. The minimum absolute atomic E-state index is 0.0911. The molecule has 0 radical (unpaired) electrons. The van der Waals surface area contributed by atoms with E-state index in [1.807, 2.05) is 11.0 Å². The van der Waals surface area contributed by atoms with Gasteiger partial charge in [-0.3, -0.25) is 0 Å². The molecular weight excluding hydrogens is 314 g/mol. The number of carbonyl (C=O) groups excluding carboxylic acids is 1. The molecular formula is C19H27N5O. The number of pyridine rings is 1. The Labute approximate surface area is 149 Å². The minimum Gasteiger partial charge on any atom is -0.356 e. The molecule has 6 heteroatoms. The van der Waals surface area contributed by atoms with Crippen molar-refractivity contribution >= 4 is 11.8 Å². The number of nitriles is 1. The molecule has 2 aliphatic heterocycles. The van der Waals surface area contributed by atoms with Crippen molar-refractivity contribution < 1.29 is 4.79 Å². The van der Waals surface area contributed by atoms with Crippen molar-refractivity contribution in [2.24, 2.45) is 11.8 Å². The molecule has 2 atom stereocenters. The topological polar surface area (TPSA) is 72.3 Å². The van der Waals surface area contributed by atoms with Gasteiger partial charge >= 0.3 is 6.03 Å². The number of carbonyl (C=O) groups is 1. The molecule has 1 aromatic rings. The maximum absolute atomic E-state index is 12.5. The first-order valence-electron chi connectivity index (χ1n) is 9.21. The highest BCUT2D eigenvalue weighted by Crippen LogP contribution is 2.22. The Morgan fingerprint density at radius 2 is 1.92 bits per heavy atom. The van der Waals surface area contributed by atoms with E-state index in [0.717, 1.165) is 44.8 Å². The average Bonchev–Trinajstić information content (AvgIpc) is 2.61. The van der Waals surface area contributed by atoms with Gasteiger partial charge in [-0.1, -0.05) is 13.8 Å². The zero-order valence-electron chi connectivity index (χ0n) is 15.1. The highest BCUT2D eigenvalue weighted by Gasteiger charge is 2.28. The fourth-order valence-corrected chi connectivity index (χ4v) is 3.99. The van der Waals surface area contributed by atoms with Crippen LogP contribution in [0.5, 0.6) is 0 Å². The lowest BCUT2D eigenvalue weighted by Gasteiger charge is -2.38. The van der Waals surface area contributed by atoms with Gasteiger partial charge < -0.3 is 15.1 Å². The van der Waals surface area contributed by atoms with E-state index >= 15 is 0 Å². The lowest BCUT2D eigenvalue weighted by Crippen LogP contribution is -2.52. The Hall–Kier alpha value is -2.29. The highest BCUT2D eigenvalue weighted by atomic mass is 16.2. The van der Waals surface area contributed by atoms with Crippen LogP contribution in [0.2, 0.25) is 0 Å². The number of hydrogen-bond donors (Lipinski definition) is 1. The number of rotatable bonds is 2. The summed E-state index contributed by atoms with van der Waals surface area (Å²) in [6.07, 6.45) is 4.67. The smallest absolute Gasteiger partial charge is 0.317 e. The van der Waals surface area contributed by atoms with Gasteiger partial charge in [-0.05, 0) is 43.2 Å². The number of hydrogen-bond acceptors (Lipinski definition) is 4. The first-order chi connectivity index (χ1) is 12.0. The molecule has 6 nitrogen and oxygen atoms in total. The van der Waals surface area contributed by atoms with Gasteiger partial charge in [0, 0.05) is 38.4 Å². The number of amides is 2. The van der Waals surface area contributed by atoms with Crippen molar-refractivity contribution in [3.8, 4) is 6.07 Å². The number of likely N-dealkylation sites (tertiary alicyclic amines) is 1. The Morgan fingerprint density at radius 1 is 1.24 bits per heavy atom. The Morgan fingerprint density at radius 3 is 2.48 bits per heavy atom. The van der Waals surface area contributed by atoms with E-state index in [-0.39, 0.29) is 12.1 Å². The molecule has 0 aromatic carbocycles. The van der Waals surface area contributed by atoms with Crippen LogP contribution in [0, 0.1) is 23.2 Å². The number of aromatic nitrogens is 1. The number of nitrogens with one attached hydrogen (secondary N) is 1. The van der Waals surface area contributed by atoms with Gasteiger partial charge in [-0.15, -0.1) is 0 Å². The molecule has 134 valence electrons. The summed E-state index contributed by atoms with van der Waals surface area (Å²) in [5.41, 5.74) is 0.580. The van der Waals surface area contributed by atoms with Crippen LogP contribution < -0.4 is 10.2 Å². The minimum atomic E-state index is 0.0911. The molecule has 2 fully saturated rings. The average molecular weight is 341 g/mol. The van der Waals surface area contributed by atoms with Gasteiger partial charge in [0.15, 0.2) is 0 Å². The second-order valence-electron chi connectivity index (χ2n) is 7.58. The van der Waals surface area contributed by atoms with Crippen molar-refractivity contribution in [2.45, 2.75) is 39.2 Å². The number of urea groups is 1. The third kappa shape index (κ3) is 4.41. The summed E-state index contributed by atoms with van der Waals surface area (Å²) in [6.45, 7) is 7.92. The van der Waals surface area contributed by atoms with Gasteiger partial charge in [-0.25, -0.2) is 9.78 Å². The molecule has 0 saturated carbocycles. The van der Waals surface area contributed by atoms with Crippen LogP contribution in [0.3, 0.4) is 0 Å². The van der Waals surface area contributed by atoms with Gasteiger partial charge in [0.2, 0.25) is 0 Å². The molecule has 2 aliphatic rings. The van der Waals surface area contributed by atoms with E-state index < -0.39 is 0 Å². The van der Waals surface area contributed by atoms with Crippen LogP contribution in [0.15, 0.2) is 18.3 Å². The maximum Gasteiger partial charge on any atom is 0.317 e. The summed E-state index contributed by atoms with van der Waals surface area (Å²) >= 11 is 0. The zero-order chi connectivity index (χ0) is 17.8. The fourth-order valence-electron chi connectivity index (χ4n) is 3.99. The molecule has 3 rings (SSSR count). The number of piperidine rings is 2. The van der Waals surface area contributed by atoms with E-state index in [4.69, 9.17) is 5.26 Å². The standard InChI is InChI=1S/C19H27N5O/c1-14-9-15(2)13-24(12-14)19(25)22-17-5-7-23(8-6-17)18-4-3-16(10-20)11-21-18/h3-4,11,14-15,17H,5-9,12-13H2,1-2H3,(H,22,25)/t14-,15+. The largest absolute Gasteiger partial charge is 0.356 e. The van der Waals surface area contributed by atoms with Crippen molar-refractivity contribution in [3.05, 3.63) is 23.9 Å². The van der Waals surface area contributed by atoms with Crippen molar-refractivity contribution in [1.29, 1.82) is 5.26 Å². The van der Waals surface area contributed by atoms with Crippen LogP contribution in [-0.2, 0) is 0 Å². The molecule has 1 N–H and O–H groups in total. The lowest BCUT2D eigenvalue weighted by molar-refractivity contribution is 0.142. The summed E-state index contributed by atoms with van der Waals surface area (Å²) in [7, 11) is 0. The van der Waals surface area contributed by atoms with E-state index in [9.17, 15) is 4.79 Å². The predicted octanol–water partition coefficient (Wildman–Crippen LogP) is 2.61. The van der Waals surface area contributed by atoms with E-state index in [0.29, 0.717) is 17.4 Å². The molecule has 0 bridgehead atoms. The third-order valence-corrected chi connectivity index (χ3v) is 5.18. The van der Waals surface area contributed by atoms with Gasteiger partial charge in [0.05, 0.1) is 5.56 Å². The van der Waals surface area contributed by atoms with E-state index in [2.05, 4.69) is 35.1 Å². The van der Waals surface area contributed by atoms with E-state index in [1.54, 1.807) is 12.3 Å². The third-order valence-electron chi connectivity index (χ3n) is 5.18. The number of anilines is 1. The maximum atomic E-state index is 12.5. The summed E-state index contributed by atoms with van der Waals surface area (Å²) in [5, 5.41) is 12.1. The highest BCUT2D eigenvalue weighted by molar-refractivity contribution is 5.74. The molecule has 3 heterocycles. The van der Waals surface area contributed by atoms with Gasteiger partial charge in [0.25, 0.3) is 0 Å². The molecule has 2 saturated heterocycles. The Balaban J connectivity index is 1.48. The molecule has 0 aliphatic carbocycles. The molecule has 25 heavy (non-hydrogen) atoms. The normalized spacial score (nSPS) is 24.7. The summed E-state index contributed by atoms with van der Waals surface area (Å²) in [5.74, 6) is 2.07. The summed E-state index contributed by atoms with van der Waals surface area (Å²) in [4.78, 5) is 21.1. The first-order valence-corrected chi connectivity index (χ1v) is 9.21. The predicted molar refractivity (Wildman–Crippen MR) is 97.2 cm³/mol. The van der Waals surface area contributed by atoms with Crippen LogP contribution >= 0.6 is 0 Å². The monoisotopic (exact) mass is 341 g/mol. The SMILES string of the molecule is C[C@@H]1C[C@H](C)CN(C(=O)NC2CCN(c3ccc(C#N)cn3)CC2)C1. The van der Waals surface area contributed by atoms with Crippen LogP contribution in [-0.4, -0.2) is 48.1 Å². The zero-order valence-corrected chi connectivity index (χ0v) is 15.1. The molecule has 0 unspecified atom stereocenters. The fraction of sp³-hybridized carbons (Fsp3) is 0.632. The second-order valence-corrected chi connectivity index (χ2v) is 7.58. The second kappa shape index (κ2) is 7.73. The van der Waals surface area contributed by atoms with E-state index in [1.165, 1.54) is 6.42 Å². The molecule has 2 amide bonds. The Bertz CT molecular complexity index is 620.